The summed E-state index contributed by atoms with van der Waals surface area (Å²) in [6, 6.07) is 0. The summed E-state index contributed by atoms with van der Waals surface area (Å²) in [5, 5.41) is 0. The Morgan fingerprint density at radius 3 is 2.89 bits per heavy atom. The molecule has 0 fully saturated rings. The number of allylic oxidation sites excluding steroid dienone is 2. The van der Waals surface area contributed by atoms with Gasteiger partial charge in [-0.2, -0.15) is 0 Å². The molecule has 0 amide bonds. The van der Waals surface area contributed by atoms with Crippen LogP contribution in [0.3, 0.4) is 0 Å². The molecule has 0 aromatic rings. The lowest BCUT2D eigenvalue weighted by atomic mass is 10.2. The van der Waals surface area contributed by atoms with Gasteiger partial charge in [-0.3, -0.25) is 9.78 Å². The van der Waals surface area contributed by atoms with Crippen LogP contribution in [0.1, 0.15) is 6.42 Å². The zero-order valence-electron chi connectivity index (χ0n) is 4.84. The van der Waals surface area contributed by atoms with Crippen LogP contribution in [0, 0.1) is 0 Å². The van der Waals surface area contributed by atoms with E-state index in [9.17, 15) is 0 Å². The van der Waals surface area contributed by atoms with Gasteiger partial charge in [0.05, 0.1) is 0 Å². The second-order valence-electron chi connectivity index (χ2n) is 1.63. The van der Waals surface area contributed by atoms with Gasteiger partial charge in [-0.1, -0.05) is 0 Å². The van der Waals surface area contributed by atoms with E-state index in [2.05, 4.69) is 9.78 Å². The quantitative estimate of drug-likeness (QED) is 0.438. The fourth-order valence-corrected chi connectivity index (χ4v) is 0.746. The average molecular weight is 147 g/mol. The SMILES string of the molecule is ClCCC1=COOC=C1. The Hall–Kier alpha value is -0.630. The van der Waals surface area contributed by atoms with E-state index in [0.29, 0.717) is 5.88 Å². The predicted octanol–water partition coefficient (Wildman–Crippen LogP) is 1.97. The van der Waals surface area contributed by atoms with Crippen LogP contribution >= 0.6 is 11.6 Å². The minimum atomic E-state index is 0.611. The lowest BCUT2D eigenvalue weighted by Crippen LogP contribution is -1.89. The number of rotatable bonds is 2. The van der Waals surface area contributed by atoms with E-state index in [-0.39, 0.29) is 0 Å². The Balaban J connectivity index is 2.38. The van der Waals surface area contributed by atoms with Gasteiger partial charge in [-0.05, 0) is 18.1 Å². The Bertz CT molecular complexity index is 140. The number of alkyl halides is 1. The predicted molar refractivity (Wildman–Crippen MR) is 34.7 cm³/mol. The van der Waals surface area contributed by atoms with Crippen LogP contribution in [0.2, 0.25) is 0 Å². The molecular formula is C6H7ClO2. The third kappa shape index (κ3) is 1.98. The Kier molecular flexibility index (Phi) is 2.46. The Labute approximate surface area is 58.6 Å². The molecule has 9 heavy (non-hydrogen) atoms. The fourth-order valence-electron chi connectivity index (χ4n) is 0.527. The van der Waals surface area contributed by atoms with Gasteiger partial charge >= 0.3 is 0 Å². The van der Waals surface area contributed by atoms with Crippen molar-refractivity contribution < 1.29 is 9.78 Å². The van der Waals surface area contributed by atoms with E-state index < -0.39 is 0 Å². The lowest BCUT2D eigenvalue weighted by Gasteiger charge is -2.03. The van der Waals surface area contributed by atoms with Gasteiger partial charge in [-0.15, -0.1) is 11.6 Å². The summed E-state index contributed by atoms with van der Waals surface area (Å²) in [5.74, 6) is 0.611. The smallest absolute Gasteiger partial charge is 0.146 e. The highest BCUT2D eigenvalue weighted by Gasteiger charge is 1.96. The Morgan fingerprint density at radius 1 is 1.44 bits per heavy atom. The van der Waals surface area contributed by atoms with Gasteiger partial charge < -0.3 is 0 Å². The second-order valence-corrected chi connectivity index (χ2v) is 2.00. The van der Waals surface area contributed by atoms with Gasteiger partial charge in [0, 0.05) is 5.88 Å². The van der Waals surface area contributed by atoms with Crippen LogP contribution in [-0.2, 0) is 9.78 Å². The fraction of sp³-hybridized carbons (Fsp3) is 0.333. The first kappa shape index (κ1) is 6.49. The van der Waals surface area contributed by atoms with Crippen molar-refractivity contribution in [2.45, 2.75) is 6.42 Å². The molecule has 0 aliphatic carbocycles. The molecule has 0 spiro atoms. The molecule has 0 bridgehead atoms. The molecule has 0 radical (unpaired) electrons. The standard InChI is InChI=1S/C6H7ClO2/c7-3-1-6-2-4-8-9-5-6/h2,4-5H,1,3H2. The molecule has 2 nitrogen and oxygen atoms in total. The number of halogens is 1. The van der Waals surface area contributed by atoms with Gasteiger partial charge in [0.25, 0.3) is 0 Å². The molecule has 50 valence electrons. The second kappa shape index (κ2) is 3.41. The summed E-state index contributed by atoms with van der Waals surface area (Å²) in [4.78, 5) is 8.97. The van der Waals surface area contributed by atoms with Crippen LogP contribution in [-0.4, -0.2) is 5.88 Å². The van der Waals surface area contributed by atoms with Crippen molar-refractivity contribution in [1.29, 1.82) is 0 Å². The molecular weight excluding hydrogens is 140 g/mol. The summed E-state index contributed by atoms with van der Waals surface area (Å²) >= 11 is 5.46. The summed E-state index contributed by atoms with van der Waals surface area (Å²) in [5.41, 5.74) is 1.05. The van der Waals surface area contributed by atoms with Gasteiger partial charge in [0.15, 0.2) is 0 Å². The highest BCUT2D eigenvalue weighted by Crippen LogP contribution is 2.09. The van der Waals surface area contributed by atoms with Gasteiger partial charge in [-0.25, -0.2) is 0 Å². The maximum atomic E-state index is 5.46. The zero-order valence-corrected chi connectivity index (χ0v) is 5.60. The van der Waals surface area contributed by atoms with E-state index in [1.807, 2.05) is 6.08 Å². The first-order chi connectivity index (χ1) is 4.43. The van der Waals surface area contributed by atoms with Crippen molar-refractivity contribution in [1.82, 2.24) is 0 Å². The molecule has 0 aromatic heterocycles. The summed E-state index contributed by atoms with van der Waals surface area (Å²) < 4.78 is 0. The van der Waals surface area contributed by atoms with Crippen LogP contribution < -0.4 is 0 Å². The molecule has 1 aliphatic rings. The van der Waals surface area contributed by atoms with Crippen molar-refractivity contribution in [3.05, 3.63) is 24.2 Å². The molecule has 1 aliphatic heterocycles. The molecule has 0 saturated heterocycles. The van der Waals surface area contributed by atoms with Crippen molar-refractivity contribution in [3.8, 4) is 0 Å². The molecule has 3 heteroatoms. The molecule has 0 unspecified atom stereocenters. The number of hydrogen-bond donors (Lipinski definition) is 0. The van der Waals surface area contributed by atoms with Crippen molar-refractivity contribution in [2.24, 2.45) is 0 Å². The van der Waals surface area contributed by atoms with E-state index >= 15 is 0 Å². The molecule has 0 N–H and O–H groups in total. The van der Waals surface area contributed by atoms with Crippen LogP contribution in [0.15, 0.2) is 24.2 Å². The highest BCUT2D eigenvalue weighted by molar-refractivity contribution is 6.18. The van der Waals surface area contributed by atoms with E-state index in [4.69, 9.17) is 11.6 Å². The van der Waals surface area contributed by atoms with Crippen molar-refractivity contribution in [2.75, 3.05) is 5.88 Å². The third-order valence-electron chi connectivity index (χ3n) is 0.976. The van der Waals surface area contributed by atoms with Gasteiger partial charge in [0.1, 0.15) is 12.5 Å². The van der Waals surface area contributed by atoms with E-state index in [0.717, 1.165) is 12.0 Å². The summed E-state index contributed by atoms with van der Waals surface area (Å²) in [7, 11) is 0. The largest absolute Gasteiger partial charge is 0.299 e. The third-order valence-corrected chi connectivity index (χ3v) is 1.16. The number of hydrogen-bond acceptors (Lipinski definition) is 2. The van der Waals surface area contributed by atoms with Gasteiger partial charge in [0.2, 0.25) is 0 Å². The minimum Gasteiger partial charge on any atom is -0.299 e. The molecule has 0 saturated carbocycles. The van der Waals surface area contributed by atoms with Crippen LogP contribution in [0.25, 0.3) is 0 Å². The maximum Gasteiger partial charge on any atom is 0.146 e. The normalized spacial score (nSPS) is 15.9. The molecule has 1 heterocycles. The van der Waals surface area contributed by atoms with E-state index in [1.54, 1.807) is 6.26 Å². The van der Waals surface area contributed by atoms with Crippen molar-refractivity contribution in [3.63, 3.8) is 0 Å². The highest BCUT2D eigenvalue weighted by atomic mass is 35.5. The molecule has 0 atom stereocenters. The molecule has 1 rings (SSSR count). The van der Waals surface area contributed by atoms with Crippen LogP contribution in [0.4, 0.5) is 0 Å². The Morgan fingerprint density at radius 2 is 2.33 bits per heavy atom. The zero-order chi connectivity index (χ0) is 6.53. The summed E-state index contributed by atoms with van der Waals surface area (Å²) in [6.45, 7) is 0. The lowest BCUT2D eigenvalue weighted by molar-refractivity contribution is -0.199. The topological polar surface area (TPSA) is 18.5 Å². The van der Waals surface area contributed by atoms with Crippen molar-refractivity contribution >= 4 is 11.6 Å². The van der Waals surface area contributed by atoms with E-state index in [1.165, 1.54) is 6.26 Å². The monoisotopic (exact) mass is 146 g/mol. The first-order valence-corrected chi connectivity index (χ1v) is 3.20. The summed E-state index contributed by atoms with van der Waals surface area (Å²) in [6.07, 6.45) is 5.68. The average Bonchev–Trinajstić information content (AvgIpc) is 1.91. The minimum absolute atomic E-state index is 0.611. The van der Waals surface area contributed by atoms with Crippen LogP contribution in [0.5, 0.6) is 0 Å². The molecule has 0 aromatic carbocycles. The maximum absolute atomic E-state index is 5.46. The first-order valence-electron chi connectivity index (χ1n) is 2.67.